The Labute approximate surface area is 158 Å². The van der Waals surface area contributed by atoms with Gasteiger partial charge in [0, 0.05) is 20.0 Å². The number of ether oxygens (including phenoxy) is 1. The molecule has 3 aromatic rings. The Bertz CT molecular complexity index is 980. The van der Waals surface area contributed by atoms with Gasteiger partial charge in [-0.2, -0.15) is 0 Å². The van der Waals surface area contributed by atoms with Crippen molar-refractivity contribution >= 4 is 16.8 Å². The number of nitrogens with zero attached hydrogens (tertiary/aromatic N) is 3. The van der Waals surface area contributed by atoms with Gasteiger partial charge < -0.3 is 9.64 Å². The van der Waals surface area contributed by atoms with Crippen molar-refractivity contribution in [2.24, 2.45) is 0 Å². The second kappa shape index (κ2) is 8.49. The maximum atomic E-state index is 12.4. The summed E-state index contributed by atoms with van der Waals surface area (Å²) in [7, 11) is 1.74. The van der Waals surface area contributed by atoms with Gasteiger partial charge in [0.05, 0.1) is 23.8 Å². The molecule has 6 nitrogen and oxygen atoms in total. The van der Waals surface area contributed by atoms with Gasteiger partial charge in [0.15, 0.2) is 0 Å². The Morgan fingerprint density at radius 3 is 2.67 bits per heavy atom. The van der Waals surface area contributed by atoms with Crippen LogP contribution in [-0.2, 0) is 11.3 Å². The molecule has 27 heavy (non-hydrogen) atoms. The van der Waals surface area contributed by atoms with Gasteiger partial charge in [-0.05, 0) is 31.2 Å². The molecule has 0 aliphatic rings. The number of aryl methyl sites for hydroxylation is 2. The first-order valence-electron chi connectivity index (χ1n) is 8.92. The van der Waals surface area contributed by atoms with Crippen molar-refractivity contribution in [3.63, 3.8) is 0 Å². The Balaban J connectivity index is 1.50. The minimum absolute atomic E-state index is 0.0393. The normalized spacial score (nSPS) is 10.7. The minimum atomic E-state index is -0.126. The molecule has 1 heterocycles. The summed E-state index contributed by atoms with van der Waals surface area (Å²) in [6.45, 7) is 3.23. The lowest BCUT2D eigenvalue weighted by Crippen LogP contribution is -2.32. The van der Waals surface area contributed by atoms with E-state index in [1.165, 1.54) is 16.5 Å². The van der Waals surface area contributed by atoms with Crippen LogP contribution in [-0.4, -0.2) is 40.6 Å². The third-order valence-corrected chi connectivity index (χ3v) is 4.44. The van der Waals surface area contributed by atoms with Gasteiger partial charge in [0.1, 0.15) is 12.4 Å². The van der Waals surface area contributed by atoms with E-state index in [1.54, 1.807) is 24.1 Å². The molecule has 140 valence electrons. The lowest BCUT2D eigenvalue weighted by atomic mass is 10.2. The van der Waals surface area contributed by atoms with Gasteiger partial charge in [-0.15, -0.1) is 0 Å². The third kappa shape index (κ3) is 4.73. The number of hydrogen-bond acceptors (Lipinski definition) is 4. The van der Waals surface area contributed by atoms with Crippen LogP contribution < -0.4 is 10.3 Å². The molecule has 1 aromatic heterocycles. The van der Waals surface area contributed by atoms with Gasteiger partial charge >= 0.3 is 0 Å². The highest BCUT2D eigenvalue weighted by Crippen LogP contribution is 2.11. The highest BCUT2D eigenvalue weighted by molar-refractivity contribution is 5.77. The summed E-state index contributed by atoms with van der Waals surface area (Å²) in [5.74, 6) is 0.748. The van der Waals surface area contributed by atoms with Crippen LogP contribution in [0.4, 0.5) is 0 Å². The molecule has 0 N–H and O–H groups in total. The monoisotopic (exact) mass is 365 g/mol. The fourth-order valence-corrected chi connectivity index (χ4v) is 2.73. The van der Waals surface area contributed by atoms with Crippen molar-refractivity contribution in [2.75, 3.05) is 20.2 Å². The first-order valence-corrected chi connectivity index (χ1v) is 8.92. The number of fused-ring (bicyclic) bond motifs is 1. The van der Waals surface area contributed by atoms with Crippen molar-refractivity contribution in [2.45, 2.75) is 19.9 Å². The molecule has 0 aliphatic heterocycles. The predicted octanol–water partition coefficient (Wildman–Crippen LogP) is 2.63. The molecule has 0 saturated carbocycles. The molecule has 1 amide bonds. The van der Waals surface area contributed by atoms with E-state index in [1.807, 2.05) is 43.3 Å². The summed E-state index contributed by atoms with van der Waals surface area (Å²) < 4.78 is 7.14. The smallest absolute Gasteiger partial charge is 0.261 e. The number of amides is 1. The van der Waals surface area contributed by atoms with Crippen LogP contribution in [0.15, 0.2) is 59.7 Å². The maximum Gasteiger partial charge on any atom is 0.261 e. The largest absolute Gasteiger partial charge is 0.492 e. The molecule has 0 atom stereocenters. The number of hydrogen-bond donors (Lipinski definition) is 0. The first kappa shape index (κ1) is 18.6. The molecule has 0 bridgehead atoms. The molecule has 0 saturated heterocycles. The zero-order valence-corrected chi connectivity index (χ0v) is 15.6. The van der Waals surface area contributed by atoms with Crippen LogP contribution in [0, 0.1) is 6.92 Å². The number of benzene rings is 2. The van der Waals surface area contributed by atoms with E-state index in [9.17, 15) is 9.59 Å². The second-order valence-corrected chi connectivity index (χ2v) is 6.49. The average Bonchev–Trinajstić information content (AvgIpc) is 2.69. The van der Waals surface area contributed by atoms with Crippen molar-refractivity contribution in [3.8, 4) is 5.75 Å². The molecule has 0 spiro atoms. The Morgan fingerprint density at radius 2 is 1.89 bits per heavy atom. The summed E-state index contributed by atoms with van der Waals surface area (Å²) in [5.41, 5.74) is 1.71. The number of carbonyl (C=O) groups is 1. The lowest BCUT2D eigenvalue weighted by molar-refractivity contribution is -0.130. The van der Waals surface area contributed by atoms with E-state index in [2.05, 4.69) is 4.98 Å². The van der Waals surface area contributed by atoms with Crippen LogP contribution in [0.1, 0.15) is 12.0 Å². The number of rotatable bonds is 7. The van der Waals surface area contributed by atoms with E-state index in [0.717, 1.165) is 5.75 Å². The van der Waals surface area contributed by atoms with Crippen LogP contribution in [0.3, 0.4) is 0 Å². The van der Waals surface area contributed by atoms with Gasteiger partial charge in [0.2, 0.25) is 5.91 Å². The summed E-state index contributed by atoms with van der Waals surface area (Å²) in [6.07, 6.45) is 1.74. The highest BCUT2D eigenvalue weighted by Gasteiger charge is 2.10. The number of para-hydroxylation sites is 1. The molecule has 0 fully saturated rings. The number of likely N-dealkylation sites (N-methyl/N-ethyl adjacent to an activating group) is 1. The molecule has 3 rings (SSSR count). The van der Waals surface area contributed by atoms with Gasteiger partial charge in [-0.3, -0.25) is 14.2 Å². The van der Waals surface area contributed by atoms with Crippen molar-refractivity contribution in [3.05, 3.63) is 70.8 Å². The third-order valence-electron chi connectivity index (χ3n) is 4.44. The zero-order chi connectivity index (χ0) is 19.2. The van der Waals surface area contributed by atoms with Crippen LogP contribution in [0.25, 0.3) is 10.9 Å². The van der Waals surface area contributed by atoms with E-state index >= 15 is 0 Å². The van der Waals surface area contributed by atoms with Gasteiger partial charge in [0.25, 0.3) is 5.56 Å². The molecule has 0 aliphatic carbocycles. The van der Waals surface area contributed by atoms with E-state index in [4.69, 9.17) is 4.74 Å². The Kier molecular flexibility index (Phi) is 5.86. The van der Waals surface area contributed by atoms with Gasteiger partial charge in [-0.1, -0.05) is 29.8 Å². The first-order chi connectivity index (χ1) is 13.0. The fourth-order valence-electron chi connectivity index (χ4n) is 2.73. The van der Waals surface area contributed by atoms with Gasteiger partial charge in [-0.25, -0.2) is 4.98 Å². The number of carbonyl (C=O) groups excluding carboxylic acids is 1. The molecule has 0 unspecified atom stereocenters. The van der Waals surface area contributed by atoms with E-state index in [0.29, 0.717) is 30.6 Å². The molecular weight excluding hydrogens is 342 g/mol. The SMILES string of the molecule is Cc1ccc(OCCN(C)C(=O)CCn2cnc3ccccc3c2=O)cc1. The number of aromatic nitrogens is 2. The molecule has 6 heteroatoms. The standard InChI is InChI=1S/C21H23N3O3/c1-16-7-9-17(10-8-16)27-14-13-23(2)20(25)11-12-24-15-22-19-6-4-3-5-18(19)21(24)26/h3-10,15H,11-14H2,1-2H3. The molecular formula is C21H23N3O3. The van der Waals surface area contributed by atoms with Crippen molar-refractivity contribution in [1.82, 2.24) is 14.5 Å². The zero-order valence-electron chi connectivity index (χ0n) is 15.6. The molecule has 2 aromatic carbocycles. The second-order valence-electron chi connectivity index (χ2n) is 6.49. The summed E-state index contributed by atoms with van der Waals surface area (Å²) in [4.78, 5) is 30.6. The quantitative estimate of drug-likeness (QED) is 0.646. The summed E-state index contributed by atoms with van der Waals surface area (Å²) in [5, 5.41) is 0.562. The highest BCUT2D eigenvalue weighted by atomic mass is 16.5. The Morgan fingerprint density at radius 1 is 1.15 bits per heavy atom. The predicted molar refractivity (Wildman–Crippen MR) is 105 cm³/mol. The van der Waals surface area contributed by atoms with Crippen LogP contribution in [0.5, 0.6) is 5.75 Å². The average molecular weight is 365 g/mol. The van der Waals surface area contributed by atoms with Crippen LogP contribution >= 0.6 is 0 Å². The van der Waals surface area contributed by atoms with Crippen LogP contribution in [0.2, 0.25) is 0 Å². The summed E-state index contributed by atoms with van der Waals surface area (Å²) in [6, 6.07) is 15.0. The fraction of sp³-hybridized carbons (Fsp3) is 0.286. The van der Waals surface area contributed by atoms with E-state index in [-0.39, 0.29) is 17.9 Å². The minimum Gasteiger partial charge on any atom is -0.492 e. The van der Waals surface area contributed by atoms with Crippen molar-refractivity contribution < 1.29 is 9.53 Å². The van der Waals surface area contributed by atoms with Crippen molar-refractivity contribution in [1.29, 1.82) is 0 Å². The lowest BCUT2D eigenvalue weighted by Gasteiger charge is -2.18. The summed E-state index contributed by atoms with van der Waals surface area (Å²) >= 11 is 0. The molecule has 0 radical (unpaired) electrons. The maximum absolute atomic E-state index is 12.4. The van der Waals surface area contributed by atoms with E-state index < -0.39 is 0 Å². The Hall–Kier alpha value is -3.15. The topological polar surface area (TPSA) is 64.4 Å².